The van der Waals surface area contributed by atoms with E-state index in [9.17, 15) is 4.39 Å². The average Bonchev–Trinajstić information content (AvgIpc) is 2.81. The summed E-state index contributed by atoms with van der Waals surface area (Å²) in [6, 6.07) is 4.89. The van der Waals surface area contributed by atoms with E-state index in [-0.39, 0.29) is 5.82 Å². The summed E-state index contributed by atoms with van der Waals surface area (Å²) in [6.45, 7) is 2.81. The average molecular weight is 258 g/mol. The van der Waals surface area contributed by atoms with Crippen molar-refractivity contribution in [3.8, 4) is 0 Å². The first-order valence-corrected chi connectivity index (χ1v) is 6.36. The number of hydrogen-bond acceptors (Lipinski definition) is 4. The number of benzene rings is 1. The smallest absolute Gasteiger partial charge is 0.141 e. The summed E-state index contributed by atoms with van der Waals surface area (Å²) >= 11 is 0. The van der Waals surface area contributed by atoms with Gasteiger partial charge in [-0.1, -0.05) is 13.0 Å². The molecular formula is C14H15FN4. The van der Waals surface area contributed by atoms with E-state index < -0.39 is 0 Å². The zero-order valence-electron chi connectivity index (χ0n) is 10.7. The molecule has 0 spiro atoms. The molecule has 4 nitrogen and oxygen atoms in total. The third-order valence-electron chi connectivity index (χ3n) is 3.51. The van der Waals surface area contributed by atoms with Crippen molar-refractivity contribution in [3.05, 3.63) is 41.5 Å². The van der Waals surface area contributed by atoms with Gasteiger partial charge in [0.05, 0.1) is 0 Å². The molecule has 0 radical (unpaired) electrons. The number of nitrogens with two attached hydrogens (primary N) is 1. The zero-order valence-corrected chi connectivity index (χ0v) is 10.7. The van der Waals surface area contributed by atoms with Crippen molar-refractivity contribution >= 4 is 17.3 Å². The molecule has 19 heavy (non-hydrogen) atoms. The molecule has 0 bridgehead atoms. The molecule has 3 rings (SSSR count). The van der Waals surface area contributed by atoms with Crippen LogP contribution in [0.2, 0.25) is 0 Å². The van der Waals surface area contributed by atoms with Crippen molar-refractivity contribution in [3.63, 3.8) is 0 Å². The number of nitrogen functional groups attached to an aromatic ring is 1. The second-order valence-electron chi connectivity index (χ2n) is 4.59. The summed E-state index contributed by atoms with van der Waals surface area (Å²) in [5.74, 6) is 1.06. The summed E-state index contributed by atoms with van der Waals surface area (Å²) in [6.07, 6.45) is 3.10. The lowest BCUT2D eigenvalue weighted by atomic mass is 10.1. The maximum atomic E-state index is 13.4. The summed E-state index contributed by atoms with van der Waals surface area (Å²) in [5.41, 5.74) is 8.84. The summed E-state index contributed by atoms with van der Waals surface area (Å²) in [5, 5.41) is 0. The molecule has 0 saturated heterocycles. The van der Waals surface area contributed by atoms with Crippen LogP contribution in [0.3, 0.4) is 0 Å². The fourth-order valence-electron chi connectivity index (χ4n) is 2.56. The van der Waals surface area contributed by atoms with E-state index in [0.717, 1.165) is 42.0 Å². The highest BCUT2D eigenvalue weighted by atomic mass is 19.1. The highest BCUT2D eigenvalue weighted by Crippen LogP contribution is 2.36. The molecule has 2 heterocycles. The minimum atomic E-state index is -0.231. The minimum absolute atomic E-state index is 0.231. The Balaban J connectivity index is 2.11. The van der Waals surface area contributed by atoms with Gasteiger partial charge >= 0.3 is 0 Å². The molecule has 0 aliphatic carbocycles. The highest BCUT2D eigenvalue weighted by molar-refractivity contribution is 5.71. The van der Waals surface area contributed by atoms with Gasteiger partial charge in [-0.25, -0.2) is 14.4 Å². The fourth-order valence-corrected chi connectivity index (χ4v) is 2.56. The quantitative estimate of drug-likeness (QED) is 0.899. The molecule has 0 fully saturated rings. The summed E-state index contributed by atoms with van der Waals surface area (Å²) in [7, 11) is 0. The van der Waals surface area contributed by atoms with Gasteiger partial charge in [-0.05, 0) is 30.5 Å². The number of rotatable bonds is 2. The molecule has 1 aliphatic heterocycles. The van der Waals surface area contributed by atoms with Crippen LogP contribution in [0.4, 0.5) is 21.7 Å². The number of anilines is 3. The van der Waals surface area contributed by atoms with Gasteiger partial charge in [0.2, 0.25) is 0 Å². The molecule has 5 heteroatoms. The third kappa shape index (κ3) is 1.91. The first-order chi connectivity index (χ1) is 9.20. The Morgan fingerprint density at radius 3 is 3.00 bits per heavy atom. The normalized spacial score (nSPS) is 13.7. The molecule has 0 saturated carbocycles. The van der Waals surface area contributed by atoms with Crippen molar-refractivity contribution in [2.24, 2.45) is 0 Å². The number of aromatic nitrogens is 2. The van der Waals surface area contributed by atoms with Crippen LogP contribution in [-0.2, 0) is 12.8 Å². The Labute approximate surface area is 111 Å². The van der Waals surface area contributed by atoms with Crippen LogP contribution in [0, 0.1) is 5.82 Å². The standard InChI is InChI=1S/C14H15FN4/c1-2-11-13(16)17-8-18-14(11)19-6-5-9-3-4-10(15)7-12(9)19/h3-4,7-8H,2,5-6H2,1H3,(H2,16,17,18). The predicted octanol–water partition coefficient (Wildman–Crippen LogP) is 2.45. The fraction of sp³-hybridized carbons (Fsp3) is 0.286. The lowest BCUT2D eigenvalue weighted by molar-refractivity contribution is 0.628. The number of hydrogen-bond donors (Lipinski definition) is 1. The van der Waals surface area contributed by atoms with E-state index in [1.54, 1.807) is 6.07 Å². The predicted molar refractivity (Wildman–Crippen MR) is 72.9 cm³/mol. The second-order valence-corrected chi connectivity index (χ2v) is 4.59. The maximum Gasteiger partial charge on any atom is 0.141 e. The number of nitrogens with zero attached hydrogens (tertiary/aromatic N) is 3. The molecule has 1 aliphatic rings. The van der Waals surface area contributed by atoms with Crippen molar-refractivity contribution in [2.75, 3.05) is 17.2 Å². The van der Waals surface area contributed by atoms with Crippen molar-refractivity contribution < 1.29 is 4.39 Å². The Hall–Kier alpha value is -2.17. The van der Waals surface area contributed by atoms with Crippen LogP contribution in [0.5, 0.6) is 0 Å². The first kappa shape index (κ1) is 11.9. The maximum absolute atomic E-state index is 13.4. The Morgan fingerprint density at radius 1 is 1.37 bits per heavy atom. The lowest BCUT2D eigenvalue weighted by Crippen LogP contribution is -2.18. The van der Waals surface area contributed by atoms with Crippen molar-refractivity contribution in [2.45, 2.75) is 19.8 Å². The first-order valence-electron chi connectivity index (χ1n) is 6.36. The van der Waals surface area contributed by atoms with Gasteiger partial charge in [0.15, 0.2) is 0 Å². The molecule has 0 unspecified atom stereocenters. The van der Waals surface area contributed by atoms with E-state index in [2.05, 4.69) is 9.97 Å². The van der Waals surface area contributed by atoms with Crippen LogP contribution in [-0.4, -0.2) is 16.5 Å². The summed E-state index contributed by atoms with van der Waals surface area (Å²) in [4.78, 5) is 10.4. The monoisotopic (exact) mass is 258 g/mol. The second kappa shape index (κ2) is 4.50. The molecule has 98 valence electrons. The molecular weight excluding hydrogens is 243 g/mol. The van der Waals surface area contributed by atoms with Gasteiger partial charge in [0, 0.05) is 17.8 Å². The van der Waals surface area contributed by atoms with Gasteiger partial charge in [0.25, 0.3) is 0 Å². The topological polar surface area (TPSA) is 55.0 Å². The van der Waals surface area contributed by atoms with Gasteiger partial charge in [0.1, 0.15) is 23.8 Å². The van der Waals surface area contributed by atoms with E-state index in [4.69, 9.17) is 5.73 Å². The lowest BCUT2D eigenvalue weighted by Gasteiger charge is -2.21. The van der Waals surface area contributed by atoms with E-state index >= 15 is 0 Å². The molecule has 1 aromatic heterocycles. The van der Waals surface area contributed by atoms with Crippen molar-refractivity contribution in [1.29, 1.82) is 0 Å². The van der Waals surface area contributed by atoms with Crippen LogP contribution in [0.1, 0.15) is 18.1 Å². The Kier molecular flexibility index (Phi) is 2.81. The Bertz CT molecular complexity index is 627. The largest absolute Gasteiger partial charge is 0.383 e. The van der Waals surface area contributed by atoms with Gasteiger partial charge in [-0.15, -0.1) is 0 Å². The number of halogens is 1. The third-order valence-corrected chi connectivity index (χ3v) is 3.51. The van der Waals surface area contributed by atoms with Gasteiger partial charge in [-0.2, -0.15) is 0 Å². The zero-order chi connectivity index (χ0) is 13.4. The molecule has 1 aromatic carbocycles. The van der Waals surface area contributed by atoms with Gasteiger partial charge in [-0.3, -0.25) is 0 Å². The molecule has 0 atom stereocenters. The molecule has 2 aromatic rings. The van der Waals surface area contributed by atoms with E-state index in [1.807, 2.05) is 17.9 Å². The highest BCUT2D eigenvalue weighted by Gasteiger charge is 2.24. The van der Waals surface area contributed by atoms with Gasteiger partial charge < -0.3 is 10.6 Å². The van der Waals surface area contributed by atoms with E-state index in [0.29, 0.717) is 5.82 Å². The van der Waals surface area contributed by atoms with Crippen LogP contribution in [0.15, 0.2) is 24.5 Å². The minimum Gasteiger partial charge on any atom is -0.383 e. The SMILES string of the molecule is CCc1c(N)ncnc1N1CCc2ccc(F)cc21. The van der Waals surface area contributed by atoms with Crippen LogP contribution < -0.4 is 10.6 Å². The molecule has 2 N–H and O–H groups in total. The molecule has 0 amide bonds. The number of fused-ring (bicyclic) bond motifs is 1. The van der Waals surface area contributed by atoms with E-state index in [1.165, 1.54) is 12.4 Å². The van der Waals surface area contributed by atoms with Crippen molar-refractivity contribution in [1.82, 2.24) is 9.97 Å². The van der Waals surface area contributed by atoms with Crippen LogP contribution >= 0.6 is 0 Å². The Morgan fingerprint density at radius 2 is 2.21 bits per heavy atom. The van der Waals surface area contributed by atoms with Crippen LogP contribution in [0.25, 0.3) is 0 Å². The summed E-state index contributed by atoms with van der Waals surface area (Å²) < 4.78 is 13.4.